The molecule has 0 aromatic rings. The van der Waals surface area contributed by atoms with Crippen LogP contribution in [0.5, 0.6) is 0 Å². The lowest BCUT2D eigenvalue weighted by molar-refractivity contribution is -0.360. The van der Waals surface area contributed by atoms with Gasteiger partial charge in [0.05, 0.1) is 13.2 Å². The number of aliphatic hydroxyl groups excluding tert-OH is 9. The lowest BCUT2D eigenvalue weighted by atomic mass is 9.84. The summed E-state index contributed by atoms with van der Waals surface area (Å²) in [5.74, 6) is -2.93. The standard InChI is InChI=1S/C96H181O25P/c1-5-9-13-17-21-25-29-33-37-41-45-48-52-56-60-64-68-79(98)112-73-76(115-81(100)70-66-62-58-54-50-46-42-38-34-30-26-22-18-14-10-6-2)74-114-122(110,111)121-94-92(119-95-89(108)85(104)83(102)77(72-97)116-95)88(107)87(106)91(118-82(101)71-67-63-59-55-51-47-43-39-35-31-27-23-19-15-11-7-3)93(94)120-96-90(109)86(105)84(103)78(117-96)75-113-80(99)69-65-61-57-53-49-44-40-36-32-28-24-20-16-12-8-4/h76-78,83-97,102-109H,5-75H2,1-4H3,(H,110,111). The Hall–Kier alpha value is -2.53. The molecule has 2 aliphatic heterocycles. The van der Waals surface area contributed by atoms with Crippen molar-refractivity contribution in [2.75, 3.05) is 26.4 Å². The lowest BCUT2D eigenvalue weighted by Gasteiger charge is -2.50. The van der Waals surface area contributed by atoms with E-state index in [9.17, 15) is 74.6 Å². The molecule has 3 rings (SSSR count). The molecule has 10 N–H and O–H groups in total. The van der Waals surface area contributed by atoms with E-state index in [4.69, 9.17) is 46.9 Å². The number of phosphoric ester groups is 1. The van der Waals surface area contributed by atoms with Crippen LogP contribution in [0.15, 0.2) is 0 Å². The molecule has 0 radical (unpaired) electrons. The number of carbonyl (C=O) groups is 4. The molecule has 0 spiro atoms. The average Bonchev–Trinajstić information content (AvgIpc) is 0.754. The largest absolute Gasteiger partial charge is 0.472 e. The Kier molecular flexibility index (Phi) is 70.0. The third kappa shape index (κ3) is 54.2. The van der Waals surface area contributed by atoms with E-state index in [1.54, 1.807) is 0 Å². The minimum atomic E-state index is -5.81. The summed E-state index contributed by atoms with van der Waals surface area (Å²) in [4.78, 5) is 66.7. The molecule has 1 aliphatic carbocycles. The van der Waals surface area contributed by atoms with Gasteiger partial charge in [0.25, 0.3) is 0 Å². The van der Waals surface area contributed by atoms with Gasteiger partial charge in [-0.1, -0.05) is 407 Å². The van der Waals surface area contributed by atoms with Crippen LogP contribution in [0.1, 0.15) is 458 Å². The van der Waals surface area contributed by atoms with Crippen molar-refractivity contribution in [3.8, 4) is 0 Å². The van der Waals surface area contributed by atoms with E-state index in [0.29, 0.717) is 32.1 Å². The van der Waals surface area contributed by atoms with Gasteiger partial charge in [-0.25, -0.2) is 4.57 Å². The van der Waals surface area contributed by atoms with E-state index < -0.39 is 162 Å². The van der Waals surface area contributed by atoms with Crippen LogP contribution in [0.2, 0.25) is 0 Å². The van der Waals surface area contributed by atoms with E-state index in [2.05, 4.69) is 27.7 Å². The molecule has 122 heavy (non-hydrogen) atoms. The van der Waals surface area contributed by atoms with Crippen molar-refractivity contribution in [2.45, 2.75) is 562 Å². The summed E-state index contributed by atoms with van der Waals surface area (Å²) in [6.07, 6.45) is 34.8. The summed E-state index contributed by atoms with van der Waals surface area (Å²) in [5.41, 5.74) is 0. The van der Waals surface area contributed by atoms with Crippen molar-refractivity contribution >= 4 is 31.7 Å². The quantitative estimate of drug-likeness (QED) is 0.0117. The number of rotatable bonds is 83. The molecule has 18 atom stereocenters. The van der Waals surface area contributed by atoms with Crippen molar-refractivity contribution in [3.63, 3.8) is 0 Å². The van der Waals surface area contributed by atoms with Crippen LogP contribution >= 0.6 is 7.82 Å². The molecule has 3 fully saturated rings. The Balaban J connectivity index is 1.89. The van der Waals surface area contributed by atoms with Gasteiger partial charge in [0.15, 0.2) is 24.8 Å². The molecule has 0 bridgehead atoms. The number of unbranched alkanes of at least 4 members (excludes halogenated alkanes) is 59. The minimum absolute atomic E-state index is 0.0205. The number of phosphoric acid groups is 1. The highest BCUT2D eigenvalue weighted by Gasteiger charge is 2.60. The van der Waals surface area contributed by atoms with E-state index >= 15 is 0 Å². The molecule has 0 aromatic heterocycles. The highest BCUT2D eigenvalue weighted by molar-refractivity contribution is 7.47. The van der Waals surface area contributed by atoms with Crippen molar-refractivity contribution in [2.24, 2.45) is 0 Å². The van der Waals surface area contributed by atoms with Gasteiger partial charge in [0, 0.05) is 25.7 Å². The molecular formula is C96H181O25P. The van der Waals surface area contributed by atoms with Crippen LogP contribution in [0.3, 0.4) is 0 Å². The first-order valence-electron chi connectivity index (χ1n) is 50.3. The Morgan fingerprint density at radius 2 is 0.566 bits per heavy atom. The van der Waals surface area contributed by atoms with Crippen molar-refractivity contribution < 1.29 is 122 Å². The van der Waals surface area contributed by atoms with Gasteiger partial charge in [-0.15, -0.1) is 0 Å². The first-order chi connectivity index (χ1) is 59.2. The smallest absolute Gasteiger partial charge is 0.463 e. The fraction of sp³-hybridized carbons (Fsp3) is 0.958. The second-order valence-corrected chi connectivity index (χ2v) is 37.4. The molecular weight excluding hydrogens is 1580 g/mol. The van der Waals surface area contributed by atoms with Crippen molar-refractivity contribution in [1.29, 1.82) is 0 Å². The fourth-order valence-corrected chi connectivity index (χ4v) is 17.9. The molecule has 2 saturated heterocycles. The van der Waals surface area contributed by atoms with Gasteiger partial charge < -0.3 is 88.7 Å². The number of hydrogen-bond acceptors (Lipinski definition) is 24. The summed E-state index contributed by atoms with van der Waals surface area (Å²) in [6.45, 7) is 5.68. The minimum Gasteiger partial charge on any atom is -0.463 e. The third-order valence-corrected chi connectivity index (χ3v) is 25.8. The number of carbonyl (C=O) groups excluding carboxylic acids is 4. The zero-order valence-corrected chi connectivity index (χ0v) is 78.0. The Bertz CT molecular complexity index is 2520. The van der Waals surface area contributed by atoms with Gasteiger partial charge >= 0.3 is 31.7 Å². The van der Waals surface area contributed by atoms with Crippen LogP contribution in [-0.4, -0.2) is 205 Å². The zero-order chi connectivity index (χ0) is 88.9. The van der Waals surface area contributed by atoms with Crippen LogP contribution in [-0.2, 0) is 70.7 Å². The monoisotopic (exact) mass is 1770 g/mol. The molecule has 2 heterocycles. The second-order valence-electron chi connectivity index (χ2n) is 36.0. The Morgan fingerprint density at radius 3 is 0.893 bits per heavy atom. The Labute approximate surface area is 738 Å². The maximum Gasteiger partial charge on any atom is 0.472 e. The second kappa shape index (κ2) is 75.2. The maximum atomic E-state index is 14.9. The normalized spacial score (nSPS) is 24.4. The van der Waals surface area contributed by atoms with Gasteiger partial charge in [-0.2, -0.15) is 0 Å². The van der Waals surface area contributed by atoms with E-state index in [1.807, 2.05) is 0 Å². The molecule has 1 saturated carbocycles. The molecule has 25 nitrogen and oxygen atoms in total. The van der Waals surface area contributed by atoms with Crippen LogP contribution in [0.25, 0.3) is 0 Å². The van der Waals surface area contributed by atoms with Crippen molar-refractivity contribution in [3.05, 3.63) is 0 Å². The Morgan fingerprint density at radius 1 is 0.295 bits per heavy atom. The molecule has 3 aliphatic rings. The molecule has 720 valence electrons. The van der Waals surface area contributed by atoms with E-state index in [1.165, 1.54) is 244 Å². The van der Waals surface area contributed by atoms with E-state index in [0.717, 1.165) is 128 Å². The average molecular weight is 1770 g/mol. The van der Waals surface area contributed by atoms with Crippen LogP contribution in [0.4, 0.5) is 0 Å². The highest BCUT2D eigenvalue weighted by atomic mass is 31.2. The highest BCUT2D eigenvalue weighted by Crippen LogP contribution is 2.49. The third-order valence-electron chi connectivity index (χ3n) is 24.9. The number of esters is 4. The number of ether oxygens (including phenoxy) is 8. The summed E-state index contributed by atoms with van der Waals surface area (Å²) in [6, 6.07) is 0. The van der Waals surface area contributed by atoms with Gasteiger partial charge in [0.1, 0.15) is 92.6 Å². The summed E-state index contributed by atoms with van der Waals surface area (Å²) >= 11 is 0. The lowest BCUT2D eigenvalue weighted by Crippen LogP contribution is -2.70. The SMILES string of the molecule is CCCCCCCCCCCCCCCCCCC(=O)OCC(COP(=O)(O)OC1C(OC2OC(CO)C(O)C(O)C2O)C(O)C(O)C(OC(=O)CCCCCCCCCCCCCCCCCC)C1OC1OC(COC(=O)CCCCCCCCCCCCCCCCC)C(O)C(O)C1O)OC(=O)CCCCCCCCCCCCCCCCCC. The topological polar surface area (TPSA) is 380 Å². The van der Waals surface area contributed by atoms with Crippen LogP contribution < -0.4 is 0 Å². The predicted octanol–water partition coefficient (Wildman–Crippen LogP) is 19.7. The van der Waals surface area contributed by atoms with Gasteiger partial charge in [-0.05, 0) is 25.7 Å². The maximum absolute atomic E-state index is 14.9. The van der Waals surface area contributed by atoms with Gasteiger partial charge in [-0.3, -0.25) is 28.2 Å². The molecule has 0 aromatic carbocycles. The summed E-state index contributed by atoms with van der Waals surface area (Å²) < 4.78 is 73.7. The number of aliphatic hydroxyl groups is 9. The van der Waals surface area contributed by atoms with Crippen LogP contribution in [0, 0.1) is 0 Å². The van der Waals surface area contributed by atoms with E-state index in [-0.39, 0.29) is 25.7 Å². The first kappa shape index (κ1) is 114. The summed E-state index contributed by atoms with van der Waals surface area (Å²) in [5, 5.41) is 103. The summed E-state index contributed by atoms with van der Waals surface area (Å²) in [7, 11) is -5.81. The predicted molar refractivity (Wildman–Crippen MR) is 477 cm³/mol. The first-order valence-corrected chi connectivity index (χ1v) is 51.8. The zero-order valence-electron chi connectivity index (χ0n) is 77.1. The van der Waals surface area contributed by atoms with Gasteiger partial charge in [0.2, 0.25) is 0 Å². The molecule has 26 heteroatoms. The fourth-order valence-electron chi connectivity index (χ4n) is 16.9. The molecule has 0 amide bonds. The number of hydrogen-bond donors (Lipinski definition) is 10. The molecule has 18 unspecified atom stereocenters. The van der Waals surface area contributed by atoms with Crippen molar-refractivity contribution in [1.82, 2.24) is 0 Å².